The lowest BCUT2D eigenvalue weighted by molar-refractivity contribution is 0.0938. The molecular formula is C30H40N4O. The molecule has 2 N–H and O–H groups in total. The van der Waals surface area contributed by atoms with Crippen LogP contribution >= 0.6 is 0 Å². The maximum atomic E-state index is 13.0. The summed E-state index contributed by atoms with van der Waals surface area (Å²) in [5.74, 6) is 1.55. The number of carbonyl (C=O) groups is 1. The fourth-order valence-corrected chi connectivity index (χ4v) is 6.48. The molecule has 1 aromatic heterocycles. The highest BCUT2D eigenvalue weighted by atomic mass is 16.1. The molecule has 0 aliphatic heterocycles. The van der Waals surface area contributed by atoms with E-state index in [0.29, 0.717) is 29.0 Å². The summed E-state index contributed by atoms with van der Waals surface area (Å²) in [6, 6.07) is 15.3. The van der Waals surface area contributed by atoms with E-state index >= 15 is 0 Å². The minimum absolute atomic E-state index is 0.0189. The maximum Gasteiger partial charge on any atom is 0.251 e. The van der Waals surface area contributed by atoms with Gasteiger partial charge in [-0.25, -0.2) is 4.98 Å². The third-order valence-electron chi connectivity index (χ3n) is 7.99. The lowest BCUT2D eigenvalue weighted by Gasteiger charge is -2.40. The number of fused-ring (bicyclic) bond motifs is 1. The van der Waals surface area contributed by atoms with Crippen LogP contribution in [0.1, 0.15) is 94.6 Å². The Labute approximate surface area is 209 Å². The van der Waals surface area contributed by atoms with Gasteiger partial charge in [-0.1, -0.05) is 52.7 Å². The van der Waals surface area contributed by atoms with Crippen molar-refractivity contribution in [1.29, 1.82) is 0 Å². The first-order valence-electron chi connectivity index (χ1n) is 13.5. The van der Waals surface area contributed by atoms with Crippen LogP contribution in [0.3, 0.4) is 0 Å². The zero-order chi connectivity index (χ0) is 24.6. The molecule has 2 aliphatic carbocycles. The smallest absolute Gasteiger partial charge is 0.251 e. The number of benzene rings is 2. The van der Waals surface area contributed by atoms with Gasteiger partial charge in [0.25, 0.3) is 5.91 Å². The van der Waals surface area contributed by atoms with Gasteiger partial charge in [0, 0.05) is 23.3 Å². The Kier molecular flexibility index (Phi) is 6.61. The van der Waals surface area contributed by atoms with E-state index in [2.05, 4.69) is 73.2 Å². The summed E-state index contributed by atoms with van der Waals surface area (Å²) in [4.78, 5) is 18.0. The number of nitrogens with one attached hydrogen (secondary N) is 2. The molecule has 0 spiro atoms. The molecular weight excluding hydrogens is 432 g/mol. The zero-order valence-electron chi connectivity index (χ0n) is 21.7. The highest BCUT2D eigenvalue weighted by Crippen LogP contribution is 2.46. The molecule has 5 nitrogen and oxygen atoms in total. The fraction of sp³-hybridized carbons (Fsp3) is 0.533. The van der Waals surface area contributed by atoms with Gasteiger partial charge < -0.3 is 15.2 Å². The Morgan fingerprint density at radius 3 is 2.51 bits per heavy atom. The molecule has 1 amide bonds. The van der Waals surface area contributed by atoms with Gasteiger partial charge in [0.2, 0.25) is 5.95 Å². The van der Waals surface area contributed by atoms with Crippen LogP contribution in [0.15, 0.2) is 42.5 Å². The largest absolute Gasteiger partial charge is 0.349 e. The topological polar surface area (TPSA) is 59.0 Å². The molecule has 0 saturated heterocycles. The summed E-state index contributed by atoms with van der Waals surface area (Å²) < 4.78 is 2.40. The van der Waals surface area contributed by atoms with Gasteiger partial charge in [-0.15, -0.1) is 0 Å². The molecule has 3 aromatic rings. The number of hydrogen-bond donors (Lipinski definition) is 2. The first-order chi connectivity index (χ1) is 16.8. The van der Waals surface area contributed by atoms with Gasteiger partial charge in [0.15, 0.2) is 0 Å². The standard InChI is InChI=1S/C30H40N4O/c1-5-21-10-13-24(14-11-21)32-29-33-26-17-22(28(35)31-23-8-6-7-9-23)12-15-27(26)34(29)25-16-20(2)18-30(3,4)19-25/h10-15,17,20,23,25H,5-9,16,18-19H2,1-4H3,(H,31,35)(H,32,33). The first-order valence-corrected chi connectivity index (χ1v) is 13.5. The number of anilines is 2. The Morgan fingerprint density at radius 1 is 1.09 bits per heavy atom. The van der Waals surface area contributed by atoms with Crippen LogP contribution in [0.4, 0.5) is 11.6 Å². The van der Waals surface area contributed by atoms with Gasteiger partial charge in [-0.05, 0) is 85.8 Å². The molecule has 2 saturated carbocycles. The predicted octanol–water partition coefficient (Wildman–Crippen LogP) is 7.40. The number of hydrogen-bond acceptors (Lipinski definition) is 3. The second-order valence-electron chi connectivity index (χ2n) is 11.7. The first kappa shape index (κ1) is 23.9. The van der Waals surface area contributed by atoms with E-state index in [1.807, 2.05) is 12.1 Å². The minimum Gasteiger partial charge on any atom is -0.349 e. The van der Waals surface area contributed by atoms with Gasteiger partial charge >= 0.3 is 0 Å². The van der Waals surface area contributed by atoms with Crippen molar-refractivity contribution in [2.75, 3.05) is 5.32 Å². The van der Waals surface area contributed by atoms with Crippen molar-refractivity contribution in [3.8, 4) is 0 Å². The fourth-order valence-electron chi connectivity index (χ4n) is 6.48. The number of imidazole rings is 1. The van der Waals surface area contributed by atoms with Crippen LogP contribution in [-0.2, 0) is 6.42 Å². The highest BCUT2D eigenvalue weighted by Gasteiger charge is 2.34. The normalized spacial score (nSPS) is 22.4. The monoisotopic (exact) mass is 472 g/mol. The number of carbonyl (C=O) groups excluding carboxylic acids is 1. The average molecular weight is 473 g/mol. The Morgan fingerprint density at radius 2 is 1.83 bits per heavy atom. The second kappa shape index (κ2) is 9.67. The van der Waals surface area contributed by atoms with E-state index in [1.54, 1.807) is 0 Å². The lowest BCUT2D eigenvalue weighted by atomic mass is 9.70. The van der Waals surface area contributed by atoms with Crippen LogP contribution in [-0.4, -0.2) is 21.5 Å². The summed E-state index contributed by atoms with van der Waals surface area (Å²) in [5, 5.41) is 6.83. The summed E-state index contributed by atoms with van der Waals surface area (Å²) >= 11 is 0. The van der Waals surface area contributed by atoms with Gasteiger partial charge in [-0.3, -0.25) is 4.79 Å². The number of aryl methyl sites for hydroxylation is 1. The molecule has 0 bridgehead atoms. The molecule has 186 valence electrons. The van der Waals surface area contributed by atoms with Crippen molar-refractivity contribution in [3.63, 3.8) is 0 Å². The van der Waals surface area contributed by atoms with Crippen LogP contribution in [0.2, 0.25) is 0 Å². The van der Waals surface area contributed by atoms with Crippen LogP contribution in [0.5, 0.6) is 0 Å². The van der Waals surface area contributed by atoms with Crippen molar-refractivity contribution < 1.29 is 4.79 Å². The van der Waals surface area contributed by atoms with E-state index in [9.17, 15) is 4.79 Å². The summed E-state index contributed by atoms with van der Waals surface area (Å²) in [7, 11) is 0. The summed E-state index contributed by atoms with van der Waals surface area (Å²) in [5.41, 5.74) is 5.34. The predicted molar refractivity (Wildman–Crippen MR) is 144 cm³/mol. The second-order valence-corrected chi connectivity index (χ2v) is 11.7. The van der Waals surface area contributed by atoms with E-state index in [0.717, 1.165) is 54.8 Å². The van der Waals surface area contributed by atoms with Gasteiger partial charge in [0.05, 0.1) is 11.0 Å². The van der Waals surface area contributed by atoms with E-state index < -0.39 is 0 Å². The molecule has 5 rings (SSSR count). The SMILES string of the molecule is CCc1ccc(Nc2nc3cc(C(=O)NC4CCCC4)ccc3n2C2CC(C)CC(C)(C)C2)cc1. The van der Waals surface area contributed by atoms with Gasteiger partial charge in [0.1, 0.15) is 0 Å². The molecule has 2 aromatic carbocycles. The number of nitrogens with zero attached hydrogens (tertiary/aromatic N) is 2. The molecule has 5 heteroatoms. The molecule has 2 atom stereocenters. The molecule has 35 heavy (non-hydrogen) atoms. The number of rotatable bonds is 6. The summed E-state index contributed by atoms with van der Waals surface area (Å²) in [6.45, 7) is 9.32. The zero-order valence-corrected chi connectivity index (χ0v) is 21.7. The Bertz CT molecular complexity index is 1190. The van der Waals surface area contributed by atoms with Crippen LogP contribution in [0.25, 0.3) is 11.0 Å². The van der Waals surface area contributed by atoms with E-state index in [4.69, 9.17) is 4.98 Å². The molecule has 1 heterocycles. The third-order valence-corrected chi connectivity index (χ3v) is 7.99. The molecule has 2 aliphatic rings. The van der Waals surface area contributed by atoms with Crippen LogP contribution < -0.4 is 10.6 Å². The van der Waals surface area contributed by atoms with Crippen molar-refractivity contribution in [2.24, 2.45) is 11.3 Å². The highest BCUT2D eigenvalue weighted by molar-refractivity contribution is 5.98. The Balaban J connectivity index is 1.51. The lowest BCUT2D eigenvalue weighted by Crippen LogP contribution is -2.32. The van der Waals surface area contributed by atoms with Crippen molar-refractivity contribution in [3.05, 3.63) is 53.6 Å². The average Bonchev–Trinajstić information content (AvgIpc) is 3.45. The van der Waals surface area contributed by atoms with Crippen molar-refractivity contribution in [1.82, 2.24) is 14.9 Å². The van der Waals surface area contributed by atoms with Crippen molar-refractivity contribution in [2.45, 2.75) is 91.1 Å². The van der Waals surface area contributed by atoms with E-state index in [1.165, 1.54) is 24.8 Å². The van der Waals surface area contributed by atoms with Crippen LogP contribution in [0, 0.1) is 11.3 Å². The van der Waals surface area contributed by atoms with Gasteiger partial charge in [-0.2, -0.15) is 0 Å². The van der Waals surface area contributed by atoms with Crippen molar-refractivity contribution >= 4 is 28.6 Å². The quantitative estimate of drug-likeness (QED) is 0.393. The summed E-state index contributed by atoms with van der Waals surface area (Å²) in [6.07, 6.45) is 9.13. The molecule has 0 radical (unpaired) electrons. The number of aromatic nitrogens is 2. The minimum atomic E-state index is 0.0189. The molecule has 2 fully saturated rings. The van der Waals surface area contributed by atoms with E-state index in [-0.39, 0.29) is 5.91 Å². The molecule has 2 unspecified atom stereocenters. The third kappa shape index (κ3) is 5.24. The maximum absolute atomic E-state index is 13.0. The number of amides is 1. The Hall–Kier alpha value is -2.82.